The van der Waals surface area contributed by atoms with Gasteiger partial charge in [-0.3, -0.25) is 0 Å². The van der Waals surface area contributed by atoms with Crippen molar-refractivity contribution in [2.75, 3.05) is 0 Å². The summed E-state index contributed by atoms with van der Waals surface area (Å²) in [4.78, 5) is 0. The van der Waals surface area contributed by atoms with Crippen LogP contribution in [-0.2, 0) is 17.3 Å². The zero-order chi connectivity index (χ0) is 27.8. The van der Waals surface area contributed by atoms with Gasteiger partial charge in [0.1, 0.15) is 0 Å². The molecule has 41 heavy (non-hydrogen) atoms. The van der Waals surface area contributed by atoms with E-state index in [0.717, 1.165) is 12.8 Å². The van der Waals surface area contributed by atoms with Gasteiger partial charge in [-0.15, -0.1) is 0 Å². The van der Waals surface area contributed by atoms with E-state index in [-0.39, 0.29) is 18.3 Å². The molecule has 2 aliphatic rings. The highest BCUT2D eigenvalue weighted by Gasteiger charge is 2.42. The number of aryl methyl sites for hydroxylation is 1. The van der Waals surface area contributed by atoms with E-state index in [0.29, 0.717) is 0 Å². The van der Waals surface area contributed by atoms with Crippen LogP contribution in [0, 0.1) is 0 Å². The third kappa shape index (κ3) is 3.80. The van der Waals surface area contributed by atoms with Crippen LogP contribution in [0.1, 0.15) is 94.3 Å². The summed E-state index contributed by atoms with van der Waals surface area (Å²) in [6, 6.07) is 34.8. The molecule has 0 aliphatic heterocycles. The Hall–Kier alpha value is -3.90. The zero-order valence-corrected chi connectivity index (χ0v) is 24.7. The van der Waals surface area contributed by atoms with Crippen LogP contribution in [0.5, 0.6) is 0 Å². The van der Waals surface area contributed by atoms with Crippen LogP contribution >= 0.6 is 0 Å². The van der Waals surface area contributed by atoms with Crippen LogP contribution in [0.3, 0.4) is 0 Å². The lowest BCUT2D eigenvalue weighted by molar-refractivity contribution is 0.652. The van der Waals surface area contributed by atoms with E-state index in [1.165, 1.54) is 77.5 Å². The smallest absolute Gasteiger partial charge is 0.0159 e. The van der Waals surface area contributed by atoms with Crippen molar-refractivity contribution in [3.8, 4) is 22.3 Å². The molecule has 0 fully saturated rings. The second-order valence-electron chi connectivity index (χ2n) is 12.8. The van der Waals surface area contributed by atoms with E-state index in [1.807, 2.05) is 0 Å². The molecular weight excluding hydrogens is 492 g/mol. The maximum absolute atomic E-state index is 2.54. The molecule has 0 saturated carbocycles. The van der Waals surface area contributed by atoms with Gasteiger partial charge >= 0.3 is 0 Å². The normalized spacial score (nSPS) is 15.6. The molecule has 0 heteroatoms. The minimum Gasteiger partial charge on any atom is -0.0792 e. The summed E-state index contributed by atoms with van der Waals surface area (Å²) >= 11 is 0. The lowest BCUT2D eigenvalue weighted by Gasteiger charge is -2.24. The van der Waals surface area contributed by atoms with E-state index < -0.39 is 0 Å². The minimum atomic E-state index is -0.0744. The second-order valence-corrected chi connectivity index (χ2v) is 12.8. The van der Waals surface area contributed by atoms with Crippen molar-refractivity contribution in [2.45, 2.75) is 72.6 Å². The second kappa shape index (κ2) is 9.59. The van der Waals surface area contributed by atoms with Crippen molar-refractivity contribution in [3.63, 3.8) is 0 Å². The predicted octanol–water partition coefficient (Wildman–Crippen LogP) is 11.5. The molecule has 206 valence electrons. The molecule has 0 saturated heterocycles. The summed E-state index contributed by atoms with van der Waals surface area (Å²) in [5.74, 6) is 0. The van der Waals surface area contributed by atoms with Crippen LogP contribution in [0.25, 0.3) is 38.6 Å². The quantitative estimate of drug-likeness (QED) is 0.215. The van der Waals surface area contributed by atoms with Crippen molar-refractivity contribution >= 4 is 16.3 Å². The molecule has 0 aromatic heterocycles. The van der Waals surface area contributed by atoms with Crippen LogP contribution in [0.2, 0.25) is 0 Å². The molecule has 0 amide bonds. The van der Waals surface area contributed by atoms with Gasteiger partial charge in [0.2, 0.25) is 0 Å². The highest BCUT2D eigenvalue weighted by atomic mass is 14.4. The van der Waals surface area contributed by atoms with Gasteiger partial charge in [-0.2, -0.15) is 0 Å². The molecule has 2 aliphatic carbocycles. The fraction of sp³-hybridized carbons (Fsp3) is 0.268. The van der Waals surface area contributed by atoms with Crippen molar-refractivity contribution < 1.29 is 0 Å². The Bertz CT molecular complexity index is 1860. The Morgan fingerprint density at radius 2 is 1.32 bits per heavy atom. The van der Waals surface area contributed by atoms with Gasteiger partial charge in [-0.1, -0.05) is 127 Å². The standard InChI is InChI=1S/C40H38.CH4/c1-7-13-25-14-9-11-16-29(25)28(8-2)27-18-20-31-32-23-37-33(24-36(32)40(5,6)35(31)22-27)38-30-17-12-10-15-26(30)19-21-34(38)39(37,3)4;/h8-12,14-24H,7,13H2,1-6H3;1H4/b28-8-;. The number of rotatable bonds is 4. The summed E-state index contributed by atoms with van der Waals surface area (Å²) in [6.45, 7) is 14.1. The SMILES string of the molecule is C.C/C=C(/c1ccc2c(c1)C(C)(C)c1cc3c(cc1-2)C(C)(C)c1ccc2ccccc2c1-3)c1ccccc1CCC. The monoisotopic (exact) mass is 534 g/mol. The minimum absolute atomic E-state index is 0. The third-order valence-electron chi connectivity index (χ3n) is 9.79. The number of fused-ring (bicyclic) bond motifs is 8. The summed E-state index contributed by atoms with van der Waals surface area (Å²) in [5, 5.41) is 2.69. The fourth-order valence-corrected chi connectivity index (χ4v) is 7.65. The molecule has 5 aromatic rings. The Morgan fingerprint density at radius 1 is 0.659 bits per heavy atom. The van der Waals surface area contributed by atoms with Gasteiger partial charge in [0.15, 0.2) is 0 Å². The highest BCUT2D eigenvalue weighted by molar-refractivity contribution is 6.03. The Labute approximate surface area is 246 Å². The summed E-state index contributed by atoms with van der Waals surface area (Å²) in [6.07, 6.45) is 4.55. The highest BCUT2D eigenvalue weighted by Crippen LogP contribution is 2.57. The average Bonchev–Trinajstić information content (AvgIpc) is 3.32. The number of benzene rings is 5. The van der Waals surface area contributed by atoms with E-state index in [2.05, 4.69) is 139 Å². The lowest BCUT2D eigenvalue weighted by Crippen LogP contribution is -2.17. The average molecular weight is 535 g/mol. The van der Waals surface area contributed by atoms with Gasteiger partial charge in [0.05, 0.1) is 0 Å². The van der Waals surface area contributed by atoms with E-state index >= 15 is 0 Å². The fourth-order valence-electron chi connectivity index (χ4n) is 7.65. The van der Waals surface area contributed by atoms with Crippen molar-refractivity contribution in [2.24, 2.45) is 0 Å². The molecule has 0 unspecified atom stereocenters. The van der Waals surface area contributed by atoms with Crippen LogP contribution < -0.4 is 0 Å². The lowest BCUT2D eigenvalue weighted by atomic mass is 9.79. The molecule has 0 nitrogen and oxygen atoms in total. The topological polar surface area (TPSA) is 0 Å². The Kier molecular flexibility index (Phi) is 6.38. The molecule has 0 N–H and O–H groups in total. The van der Waals surface area contributed by atoms with Crippen molar-refractivity contribution in [1.29, 1.82) is 0 Å². The van der Waals surface area contributed by atoms with Crippen LogP contribution in [0.4, 0.5) is 0 Å². The maximum Gasteiger partial charge on any atom is 0.0159 e. The van der Waals surface area contributed by atoms with Gasteiger partial charge in [0, 0.05) is 10.8 Å². The summed E-state index contributed by atoms with van der Waals surface area (Å²) < 4.78 is 0. The first kappa shape index (κ1) is 27.3. The summed E-state index contributed by atoms with van der Waals surface area (Å²) in [7, 11) is 0. The molecule has 0 atom stereocenters. The number of hydrogen-bond donors (Lipinski definition) is 0. The molecular formula is C41H42. The predicted molar refractivity (Wildman–Crippen MR) is 179 cm³/mol. The van der Waals surface area contributed by atoms with E-state index in [4.69, 9.17) is 0 Å². The van der Waals surface area contributed by atoms with Gasteiger partial charge in [-0.25, -0.2) is 0 Å². The van der Waals surface area contributed by atoms with Crippen molar-refractivity contribution in [1.82, 2.24) is 0 Å². The largest absolute Gasteiger partial charge is 0.0792 e. The number of allylic oxidation sites excluding steroid dienone is 1. The van der Waals surface area contributed by atoms with Crippen LogP contribution in [0.15, 0.2) is 97.1 Å². The molecule has 5 aromatic carbocycles. The van der Waals surface area contributed by atoms with E-state index in [1.54, 1.807) is 0 Å². The van der Waals surface area contributed by atoms with Gasteiger partial charge in [0.25, 0.3) is 0 Å². The molecule has 7 rings (SSSR count). The Morgan fingerprint density at radius 3 is 2.10 bits per heavy atom. The molecule has 0 heterocycles. The Balaban J connectivity index is 0.00000302. The molecule has 0 bridgehead atoms. The molecule has 0 radical (unpaired) electrons. The van der Waals surface area contributed by atoms with Gasteiger partial charge < -0.3 is 0 Å². The van der Waals surface area contributed by atoms with Gasteiger partial charge in [-0.05, 0) is 109 Å². The first-order chi connectivity index (χ1) is 19.3. The summed E-state index contributed by atoms with van der Waals surface area (Å²) in [5.41, 5.74) is 16.8. The third-order valence-corrected chi connectivity index (χ3v) is 9.79. The number of hydrogen-bond acceptors (Lipinski definition) is 0. The maximum atomic E-state index is 2.54. The van der Waals surface area contributed by atoms with Crippen molar-refractivity contribution in [3.05, 3.63) is 136 Å². The zero-order valence-electron chi connectivity index (χ0n) is 24.7. The molecule has 0 spiro atoms. The first-order valence-electron chi connectivity index (χ1n) is 14.9. The van der Waals surface area contributed by atoms with E-state index in [9.17, 15) is 0 Å². The van der Waals surface area contributed by atoms with Crippen LogP contribution in [-0.4, -0.2) is 0 Å². The first-order valence-corrected chi connectivity index (χ1v) is 14.9.